The van der Waals surface area contributed by atoms with Gasteiger partial charge in [-0.25, -0.2) is 14.4 Å². The number of carboxylic acids is 1. The zero-order valence-electron chi connectivity index (χ0n) is 14.4. The van der Waals surface area contributed by atoms with Crippen molar-refractivity contribution in [3.05, 3.63) is 71.8 Å². The molecule has 0 spiro atoms. The van der Waals surface area contributed by atoms with Gasteiger partial charge in [0.2, 0.25) is 0 Å². The topological polar surface area (TPSA) is 93.1 Å². The largest absolute Gasteiger partial charge is 0.480 e. The number of amides is 2. The van der Waals surface area contributed by atoms with Crippen molar-refractivity contribution in [1.29, 1.82) is 0 Å². The Hall–Kier alpha value is -3.00. The van der Waals surface area contributed by atoms with Crippen LogP contribution < -0.4 is 0 Å². The van der Waals surface area contributed by atoms with Crippen molar-refractivity contribution in [3.63, 3.8) is 0 Å². The summed E-state index contributed by atoms with van der Waals surface area (Å²) in [5.74, 6) is -1.67. The Labute approximate surface area is 161 Å². The number of rotatable bonds is 7. The molecule has 0 radical (unpaired) electrons. The molecule has 2 aromatic carbocycles. The number of hydrogen-bond acceptors (Lipinski definition) is 6. The molecule has 0 unspecified atom stereocenters. The highest BCUT2D eigenvalue weighted by Crippen LogP contribution is 2.12. The van der Waals surface area contributed by atoms with Gasteiger partial charge in [0.25, 0.3) is 0 Å². The SMILES string of the molecule is O=C(O)[C@H](CS)N(C(=O)OCc1ccccc1)C(=O)OCc1ccccc1. The van der Waals surface area contributed by atoms with Crippen LogP contribution in [0.2, 0.25) is 0 Å². The van der Waals surface area contributed by atoms with Gasteiger partial charge in [0.1, 0.15) is 13.2 Å². The van der Waals surface area contributed by atoms with E-state index in [4.69, 9.17) is 9.47 Å². The Balaban J connectivity index is 2.08. The number of ether oxygens (including phenoxy) is 2. The first kappa shape index (κ1) is 20.3. The summed E-state index contributed by atoms with van der Waals surface area (Å²) in [7, 11) is 0. The second kappa shape index (κ2) is 10.2. The average Bonchev–Trinajstić information content (AvgIpc) is 2.69. The molecule has 0 aliphatic rings. The Kier molecular flexibility index (Phi) is 7.69. The van der Waals surface area contributed by atoms with Gasteiger partial charge in [-0.15, -0.1) is 0 Å². The second-order valence-corrected chi connectivity index (χ2v) is 5.85. The van der Waals surface area contributed by atoms with Crippen LogP contribution in [0.1, 0.15) is 11.1 Å². The van der Waals surface area contributed by atoms with Gasteiger partial charge in [0.05, 0.1) is 0 Å². The fraction of sp³-hybridized carbons (Fsp3) is 0.211. The molecule has 142 valence electrons. The molecule has 2 rings (SSSR count). The van der Waals surface area contributed by atoms with Gasteiger partial charge in [-0.2, -0.15) is 17.5 Å². The van der Waals surface area contributed by atoms with E-state index in [-0.39, 0.29) is 19.0 Å². The van der Waals surface area contributed by atoms with E-state index in [1.807, 2.05) is 0 Å². The van der Waals surface area contributed by atoms with Crippen LogP contribution in [0.4, 0.5) is 9.59 Å². The standard InChI is InChI=1S/C19H19NO6S/c21-17(22)16(13-27)20(18(23)25-11-14-7-3-1-4-8-14)19(24)26-12-15-9-5-2-6-10-15/h1-10,16,27H,11-13H2,(H,21,22)/t16-/m0/s1. The number of imide groups is 1. The zero-order valence-corrected chi connectivity index (χ0v) is 15.2. The number of carbonyl (C=O) groups is 3. The van der Waals surface area contributed by atoms with Crippen molar-refractivity contribution in [2.24, 2.45) is 0 Å². The van der Waals surface area contributed by atoms with E-state index in [9.17, 15) is 19.5 Å². The first-order valence-electron chi connectivity index (χ1n) is 8.07. The number of hydrogen-bond donors (Lipinski definition) is 2. The maximum Gasteiger partial charge on any atom is 0.420 e. The molecule has 0 heterocycles. The van der Waals surface area contributed by atoms with Crippen molar-refractivity contribution in [1.82, 2.24) is 4.90 Å². The minimum absolute atomic E-state index is 0.110. The summed E-state index contributed by atoms with van der Waals surface area (Å²) in [6.45, 7) is -0.220. The molecule has 2 amide bonds. The summed E-state index contributed by atoms with van der Waals surface area (Å²) in [5, 5.41) is 9.31. The Morgan fingerprint density at radius 2 is 1.26 bits per heavy atom. The normalized spacial score (nSPS) is 11.3. The third-order valence-electron chi connectivity index (χ3n) is 3.57. The summed E-state index contributed by atoms with van der Waals surface area (Å²) >= 11 is 3.92. The van der Waals surface area contributed by atoms with Gasteiger partial charge in [-0.1, -0.05) is 60.7 Å². The Bertz CT molecular complexity index is 713. The van der Waals surface area contributed by atoms with Crippen molar-refractivity contribution < 1.29 is 29.0 Å². The molecule has 0 fully saturated rings. The minimum Gasteiger partial charge on any atom is -0.480 e. The number of benzene rings is 2. The molecular weight excluding hydrogens is 370 g/mol. The second-order valence-electron chi connectivity index (χ2n) is 5.49. The van der Waals surface area contributed by atoms with Crippen molar-refractivity contribution in [2.45, 2.75) is 19.3 Å². The van der Waals surface area contributed by atoms with E-state index < -0.39 is 24.2 Å². The lowest BCUT2D eigenvalue weighted by molar-refractivity contribution is -0.141. The molecule has 2 aromatic rings. The van der Waals surface area contributed by atoms with Crippen LogP contribution in [0.15, 0.2) is 60.7 Å². The molecule has 1 N–H and O–H groups in total. The van der Waals surface area contributed by atoms with Crippen LogP contribution in [0.3, 0.4) is 0 Å². The minimum atomic E-state index is -1.51. The van der Waals surface area contributed by atoms with Gasteiger partial charge < -0.3 is 14.6 Å². The lowest BCUT2D eigenvalue weighted by atomic mass is 10.2. The molecule has 0 bridgehead atoms. The maximum atomic E-state index is 12.4. The fourth-order valence-corrected chi connectivity index (χ4v) is 2.50. The molecule has 0 saturated heterocycles. The van der Waals surface area contributed by atoms with E-state index >= 15 is 0 Å². The van der Waals surface area contributed by atoms with Gasteiger partial charge in [-0.3, -0.25) is 0 Å². The predicted octanol–water partition coefficient (Wildman–Crippen LogP) is 3.35. The molecular formula is C19H19NO6S. The van der Waals surface area contributed by atoms with E-state index in [1.54, 1.807) is 60.7 Å². The molecule has 27 heavy (non-hydrogen) atoms. The summed E-state index contributed by atoms with van der Waals surface area (Å²) in [6, 6.07) is 16.1. The van der Waals surface area contributed by atoms with E-state index in [1.165, 1.54) is 0 Å². The maximum absolute atomic E-state index is 12.4. The van der Waals surface area contributed by atoms with Crippen LogP contribution in [-0.4, -0.2) is 40.0 Å². The number of carboxylic acid groups (broad SMARTS) is 1. The fourth-order valence-electron chi connectivity index (χ4n) is 2.18. The molecule has 7 nitrogen and oxygen atoms in total. The number of nitrogens with zero attached hydrogens (tertiary/aromatic N) is 1. The third-order valence-corrected chi connectivity index (χ3v) is 3.92. The van der Waals surface area contributed by atoms with Crippen LogP contribution in [0.25, 0.3) is 0 Å². The lowest BCUT2D eigenvalue weighted by Crippen LogP contribution is -2.50. The van der Waals surface area contributed by atoms with E-state index in [2.05, 4.69) is 12.6 Å². The van der Waals surface area contributed by atoms with Crippen LogP contribution in [-0.2, 0) is 27.5 Å². The van der Waals surface area contributed by atoms with E-state index in [0.29, 0.717) is 16.0 Å². The quantitative estimate of drug-likeness (QED) is 0.706. The monoisotopic (exact) mass is 389 g/mol. The average molecular weight is 389 g/mol. The summed E-state index contributed by atoms with van der Waals surface area (Å²) in [5.41, 5.74) is 1.39. The van der Waals surface area contributed by atoms with Crippen LogP contribution in [0, 0.1) is 0 Å². The summed E-state index contributed by atoms with van der Waals surface area (Å²) in [6.07, 6.45) is -2.23. The van der Waals surface area contributed by atoms with Gasteiger partial charge in [-0.05, 0) is 11.1 Å². The first-order valence-corrected chi connectivity index (χ1v) is 8.70. The predicted molar refractivity (Wildman–Crippen MR) is 100 cm³/mol. The van der Waals surface area contributed by atoms with Gasteiger partial charge in [0, 0.05) is 5.75 Å². The molecule has 8 heteroatoms. The van der Waals surface area contributed by atoms with Crippen molar-refractivity contribution in [2.75, 3.05) is 5.75 Å². The van der Waals surface area contributed by atoms with Crippen LogP contribution in [0.5, 0.6) is 0 Å². The zero-order chi connectivity index (χ0) is 19.6. The number of thiol groups is 1. The van der Waals surface area contributed by atoms with Gasteiger partial charge >= 0.3 is 18.2 Å². The Morgan fingerprint density at radius 3 is 1.59 bits per heavy atom. The highest BCUT2D eigenvalue weighted by atomic mass is 32.1. The number of aliphatic carboxylic acids is 1. The highest BCUT2D eigenvalue weighted by molar-refractivity contribution is 7.80. The van der Waals surface area contributed by atoms with Crippen molar-refractivity contribution in [3.8, 4) is 0 Å². The van der Waals surface area contributed by atoms with Gasteiger partial charge in [0.15, 0.2) is 6.04 Å². The molecule has 0 aromatic heterocycles. The van der Waals surface area contributed by atoms with E-state index in [0.717, 1.165) is 0 Å². The lowest BCUT2D eigenvalue weighted by Gasteiger charge is -2.24. The third kappa shape index (κ3) is 6.03. The first-order chi connectivity index (χ1) is 13.0. The highest BCUT2D eigenvalue weighted by Gasteiger charge is 2.36. The summed E-state index contributed by atoms with van der Waals surface area (Å²) < 4.78 is 10.2. The smallest absolute Gasteiger partial charge is 0.420 e. The van der Waals surface area contributed by atoms with Crippen LogP contribution >= 0.6 is 12.6 Å². The van der Waals surface area contributed by atoms with Crippen molar-refractivity contribution >= 4 is 30.8 Å². The number of carbonyl (C=O) groups excluding carboxylic acids is 2. The Morgan fingerprint density at radius 1 is 0.852 bits per heavy atom. The summed E-state index contributed by atoms with van der Waals surface area (Å²) in [4.78, 5) is 36.6. The molecule has 0 aliphatic carbocycles. The molecule has 1 atom stereocenters. The molecule has 0 aliphatic heterocycles. The molecule has 0 saturated carbocycles.